The van der Waals surface area contributed by atoms with E-state index >= 15 is 0 Å². The van der Waals surface area contributed by atoms with E-state index in [1.54, 1.807) is 0 Å². The van der Waals surface area contributed by atoms with Gasteiger partial charge in [-0.05, 0) is 19.1 Å². The second-order valence-corrected chi connectivity index (χ2v) is 7.01. The zero-order valence-corrected chi connectivity index (χ0v) is 16.1. The minimum Gasteiger partial charge on any atom is -0.327 e. The largest absolute Gasteiger partial charge is 0.327 e. The van der Waals surface area contributed by atoms with Crippen molar-refractivity contribution in [3.05, 3.63) is 84.9 Å². The molecule has 0 aliphatic heterocycles. The average molecular weight is 380 g/mol. The predicted octanol–water partition coefficient (Wildman–Crippen LogP) is 4.37. The van der Waals surface area contributed by atoms with Crippen LogP contribution < -0.4 is 0 Å². The Kier molecular flexibility index (Phi) is 4.37. The van der Waals surface area contributed by atoms with Gasteiger partial charge in [-0.25, -0.2) is 9.97 Å². The standard InChI is InChI=1S/C23H20N6/c1-17-15-29(27-26-17)14-13-28-16-24-22(19-8-3-2-4-9-19)23(28)21-12-11-18-7-5-6-10-20(18)25-21/h2-12,15-16H,13-14H2,1H3. The van der Waals surface area contributed by atoms with E-state index in [1.165, 1.54) is 0 Å². The molecule has 6 heteroatoms. The SMILES string of the molecule is Cc1cn(CCn2cnc(-c3ccccc3)c2-c2ccc3ccccc3n2)nn1. The first-order valence-electron chi connectivity index (χ1n) is 9.61. The van der Waals surface area contributed by atoms with Gasteiger partial charge < -0.3 is 4.57 Å². The average Bonchev–Trinajstić information content (AvgIpc) is 3.38. The Bertz CT molecular complexity index is 1270. The van der Waals surface area contributed by atoms with Crippen molar-refractivity contribution in [2.75, 3.05) is 0 Å². The van der Waals surface area contributed by atoms with Gasteiger partial charge in [0, 0.05) is 23.7 Å². The zero-order valence-electron chi connectivity index (χ0n) is 16.1. The van der Waals surface area contributed by atoms with Gasteiger partial charge in [-0.1, -0.05) is 59.8 Å². The minimum absolute atomic E-state index is 0.714. The van der Waals surface area contributed by atoms with Gasteiger partial charge in [0.05, 0.1) is 41.2 Å². The van der Waals surface area contributed by atoms with Crippen molar-refractivity contribution in [1.29, 1.82) is 0 Å². The molecule has 0 unspecified atom stereocenters. The fourth-order valence-electron chi connectivity index (χ4n) is 3.54. The summed E-state index contributed by atoms with van der Waals surface area (Å²) >= 11 is 0. The lowest BCUT2D eigenvalue weighted by Crippen LogP contribution is -2.09. The van der Waals surface area contributed by atoms with Gasteiger partial charge in [-0.2, -0.15) is 0 Å². The Morgan fingerprint density at radius 2 is 1.69 bits per heavy atom. The number of hydrogen-bond acceptors (Lipinski definition) is 4. The molecule has 0 fully saturated rings. The van der Waals surface area contributed by atoms with Crippen molar-refractivity contribution in [2.45, 2.75) is 20.0 Å². The summed E-state index contributed by atoms with van der Waals surface area (Å²) in [6.45, 7) is 3.39. The molecule has 142 valence electrons. The predicted molar refractivity (Wildman–Crippen MR) is 113 cm³/mol. The second kappa shape index (κ2) is 7.31. The second-order valence-electron chi connectivity index (χ2n) is 7.01. The molecule has 2 aromatic carbocycles. The van der Waals surface area contributed by atoms with Crippen LogP contribution in [0.2, 0.25) is 0 Å². The summed E-state index contributed by atoms with van der Waals surface area (Å²) in [6.07, 6.45) is 3.83. The fraction of sp³-hybridized carbons (Fsp3) is 0.130. The first-order chi connectivity index (χ1) is 14.3. The van der Waals surface area contributed by atoms with Gasteiger partial charge >= 0.3 is 0 Å². The topological polar surface area (TPSA) is 61.4 Å². The van der Waals surface area contributed by atoms with E-state index in [0.717, 1.165) is 45.8 Å². The van der Waals surface area contributed by atoms with Crippen LogP contribution in [0.5, 0.6) is 0 Å². The molecule has 3 heterocycles. The maximum Gasteiger partial charge on any atom is 0.0979 e. The highest BCUT2D eigenvalue weighted by Gasteiger charge is 2.16. The summed E-state index contributed by atoms with van der Waals surface area (Å²) in [6, 6.07) is 22.6. The number of rotatable bonds is 5. The summed E-state index contributed by atoms with van der Waals surface area (Å²) in [5.41, 5.74) is 5.82. The van der Waals surface area contributed by atoms with Crippen molar-refractivity contribution in [3.8, 4) is 22.6 Å². The van der Waals surface area contributed by atoms with E-state index < -0.39 is 0 Å². The number of nitrogens with zero attached hydrogens (tertiary/aromatic N) is 6. The number of pyridine rings is 1. The monoisotopic (exact) mass is 380 g/mol. The van der Waals surface area contributed by atoms with Gasteiger partial charge in [0.15, 0.2) is 0 Å². The van der Waals surface area contributed by atoms with Crippen LogP contribution in [0.25, 0.3) is 33.5 Å². The fourth-order valence-corrected chi connectivity index (χ4v) is 3.54. The lowest BCUT2D eigenvalue weighted by Gasteiger charge is -2.11. The van der Waals surface area contributed by atoms with Crippen LogP contribution in [0, 0.1) is 6.92 Å². The highest BCUT2D eigenvalue weighted by atomic mass is 15.4. The Hall–Kier alpha value is -3.80. The first kappa shape index (κ1) is 17.3. The molecule has 5 aromatic rings. The number of fused-ring (bicyclic) bond motifs is 1. The quantitative estimate of drug-likeness (QED) is 0.454. The number of aromatic nitrogens is 6. The Labute approximate surface area is 168 Å². The third-order valence-electron chi connectivity index (χ3n) is 4.95. The third-order valence-corrected chi connectivity index (χ3v) is 4.95. The molecule has 0 spiro atoms. The van der Waals surface area contributed by atoms with Crippen molar-refractivity contribution in [3.63, 3.8) is 0 Å². The first-order valence-corrected chi connectivity index (χ1v) is 9.61. The van der Waals surface area contributed by atoms with E-state index in [9.17, 15) is 0 Å². The highest BCUT2D eigenvalue weighted by Crippen LogP contribution is 2.31. The van der Waals surface area contributed by atoms with Gasteiger partial charge in [0.2, 0.25) is 0 Å². The van der Waals surface area contributed by atoms with Crippen LogP contribution in [0.4, 0.5) is 0 Å². The number of hydrogen-bond donors (Lipinski definition) is 0. The van der Waals surface area contributed by atoms with E-state index in [2.05, 4.69) is 45.2 Å². The van der Waals surface area contributed by atoms with Crippen LogP contribution in [0.1, 0.15) is 5.69 Å². The number of para-hydroxylation sites is 1. The van der Waals surface area contributed by atoms with Crippen molar-refractivity contribution in [2.24, 2.45) is 0 Å². The molecule has 0 atom stereocenters. The number of aryl methyl sites for hydroxylation is 3. The van der Waals surface area contributed by atoms with Crippen molar-refractivity contribution < 1.29 is 0 Å². The van der Waals surface area contributed by atoms with E-state index in [4.69, 9.17) is 9.97 Å². The number of benzene rings is 2. The van der Waals surface area contributed by atoms with Crippen molar-refractivity contribution >= 4 is 10.9 Å². The highest BCUT2D eigenvalue weighted by molar-refractivity contribution is 5.84. The minimum atomic E-state index is 0.714. The summed E-state index contributed by atoms with van der Waals surface area (Å²) in [5, 5.41) is 9.36. The van der Waals surface area contributed by atoms with E-state index in [-0.39, 0.29) is 0 Å². The summed E-state index contributed by atoms with van der Waals surface area (Å²) in [7, 11) is 0. The molecule has 29 heavy (non-hydrogen) atoms. The van der Waals surface area contributed by atoms with Crippen LogP contribution in [-0.2, 0) is 13.1 Å². The lowest BCUT2D eigenvalue weighted by atomic mass is 10.1. The molecular formula is C23H20N6. The molecule has 5 rings (SSSR count). The van der Waals surface area contributed by atoms with Crippen LogP contribution >= 0.6 is 0 Å². The Morgan fingerprint density at radius 1 is 0.862 bits per heavy atom. The van der Waals surface area contributed by atoms with Crippen molar-refractivity contribution in [1.82, 2.24) is 29.5 Å². The van der Waals surface area contributed by atoms with Gasteiger partial charge in [-0.3, -0.25) is 4.68 Å². The maximum absolute atomic E-state index is 4.93. The molecule has 0 aliphatic rings. The Morgan fingerprint density at radius 3 is 2.52 bits per heavy atom. The molecule has 0 N–H and O–H groups in total. The number of imidazole rings is 1. The molecule has 0 saturated heterocycles. The third kappa shape index (κ3) is 3.40. The Balaban J connectivity index is 1.60. The lowest BCUT2D eigenvalue weighted by molar-refractivity contribution is 0.521. The molecule has 0 saturated carbocycles. The summed E-state index contributed by atoms with van der Waals surface area (Å²) < 4.78 is 4.01. The zero-order chi connectivity index (χ0) is 19.6. The van der Waals surface area contributed by atoms with E-state index in [0.29, 0.717) is 6.54 Å². The summed E-state index contributed by atoms with van der Waals surface area (Å²) in [5.74, 6) is 0. The molecule has 0 amide bonds. The van der Waals surface area contributed by atoms with Gasteiger partial charge in [0.1, 0.15) is 0 Å². The maximum atomic E-state index is 4.93. The molecule has 0 bridgehead atoms. The van der Waals surface area contributed by atoms with Gasteiger partial charge in [-0.15, -0.1) is 5.10 Å². The molecule has 6 nitrogen and oxygen atoms in total. The van der Waals surface area contributed by atoms with Crippen LogP contribution in [0.15, 0.2) is 79.3 Å². The smallest absolute Gasteiger partial charge is 0.0979 e. The summed E-state index contributed by atoms with van der Waals surface area (Å²) in [4.78, 5) is 9.67. The normalized spacial score (nSPS) is 11.2. The van der Waals surface area contributed by atoms with Crippen LogP contribution in [0.3, 0.4) is 0 Å². The molecule has 0 radical (unpaired) electrons. The molecule has 0 aliphatic carbocycles. The van der Waals surface area contributed by atoms with Crippen LogP contribution in [-0.4, -0.2) is 29.5 Å². The molecule has 3 aromatic heterocycles. The molecular weight excluding hydrogens is 360 g/mol. The van der Waals surface area contributed by atoms with Gasteiger partial charge in [0.25, 0.3) is 0 Å². The van der Waals surface area contributed by atoms with E-state index in [1.807, 2.05) is 60.5 Å².